The summed E-state index contributed by atoms with van der Waals surface area (Å²) in [5.41, 5.74) is 7.98. The first-order valence-electron chi connectivity index (χ1n) is 5.10. The predicted molar refractivity (Wildman–Crippen MR) is 70.1 cm³/mol. The fourth-order valence-corrected chi connectivity index (χ4v) is 1.73. The van der Waals surface area contributed by atoms with Crippen LogP contribution in [-0.4, -0.2) is 9.97 Å². The number of halogens is 1. The first kappa shape index (κ1) is 11.9. The third-order valence-corrected chi connectivity index (χ3v) is 2.79. The van der Waals surface area contributed by atoms with Crippen molar-refractivity contribution in [3.63, 3.8) is 0 Å². The topological polar surface area (TPSA) is 61.0 Å². The van der Waals surface area contributed by atoms with Gasteiger partial charge in [0.1, 0.15) is 16.2 Å². The lowest BCUT2D eigenvalue weighted by atomic mass is 10.1. The molecule has 1 aromatic carbocycles. The van der Waals surface area contributed by atoms with Gasteiger partial charge in [-0.3, -0.25) is 0 Å². The van der Waals surface area contributed by atoms with Gasteiger partial charge in [0.05, 0.1) is 0 Å². The number of anilines is 1. The summed E-state index contributed by atoms with van der Waals surface area (Å²) in [6.07, 6.45) is 0. The molecule has 0 atom stereocenters. The van der Waals surface area contributed by atoms with Gasteiger partial charge in [-0.05, 0) is 53.0 Å². The van der Waals surface area contributed by atoms with Gasteiger partial charge < -0.3 is 10.5 Å². The predicted octanol–water partition coefficient (Wildman–Crippen LogP) is 3.23. The van der Waals surface area contributed by atoms with Gasteiger partial charge in [-0.25, -0.2) is 0 Å². The highest BCUT2D eigenvalue weighted by atomic mass is 79.9. The van der Waals surface area contributed by atoms with E-state index in [1.807, 2.05) is 32.0 Å². The molecule has 0 radical (unpaired) electrons. The first-order chi connectivity index (χ1) is 8.04. The van der Waals surface area contributed by atoms with E-state index in [0.717, 1.165) is 5.56 Å². The Morgan fingerprint density at radius 3 is 2.53 bits per heavy atom. The lowest BCUT2D eigenvalue weighted by molar-refractivity contribution is 0.441. The summed E-state index contributed by atoms with van der Waals surface area (Å²) in [5.74, 6) is 1.07. The number of nitrogens with zero attached hydrogens (tertiary/aromatic N) is 2. The molecular formula is C12H12BrN3O. The van der Waals surface area contributed by atoms with Crippen LogP contribution < -0.4 is 10.5 Å². The molecule has 0 bridgehead atoms. The van der Waals surface area contributed by atoms with Crippen molar-refractivity contribution in [1.82, 2.24) is 9.97 Å². The van der Waals surface area contributed by atoms with E-state index in [-0.39, 0.29) is 6.01 Å². The van der Waals surface area contributed by atoms with Crippen molar-refractivity contribution in [1.29, 1.82) is 0 Å². The Morgan fingerprint density at radius 2 is 1.88 bits per heavy atom. The highest BCUT2D eigenvalue weighted by molar-refractivity contribution is 9.10. The summed E-state index contributed by atoms with van der Waals surface area (Å²) in [7, 11) is 0. The van der Waals surface area contributed by atoms with E-state index in [2.05, 4.69) is 25.9 Å². The second-order valence-corrected chi connectivity index (χ2v) is 4.56. The number of nitrogens with two attached hydrogens (primary N) is 1. The summed E-state index contributed by atoms with van der Waals surface area (Å²) in [4.78, 5) is 8.08. The number of rotatable bonds is 2. The molecule has 88 valence electrons. The second kappa shape index (κ2) is 4.71. The number of hydrogen-bond acceptors (Lipinski definition) is 4. The number of nitrogen functional groups attached to an aromatic ring is 1. The highest BCUT2D eigenvalue weighted by Crippen LogP contribution is 2.23. The standard InChI is InChI=1S/C12H12BrN3O/c1-7-3-4-9(5-8(7)2)17-12-15-10(13)6-11(14)16-12/h3-6H,1-2H3,(H2,14,15,16). The minimum atomic E-state index is 0.236. The molecule has 2 N–H and O–H groups in total. The van der Waals surface area contributed by atoms with Gasteiger partial charge >= 0.3 is 6.01 Å². The molecule has 0 saturated carbocycles. The molecule has 17 heavy (non-hydrogen) atoms. The molecule has 0 aliphatic carbocycles. The Morgan fingerprint density at radius 1 is 1.12 bits per heavy atom. The van der Waals surface area contributed by atoms with Gasteiger partial charge in [0.2, 0.25) is 0 Å². The Hall–Kier alpha value is -1.62. The SMILES string of the molecule is Cc1ccc(Oc2nc(N)cc(Br)n2)cc1C. The molecule has 0 fully saturated rings. The summed E-state index contributed by atoms with van der Waals surface area (Å²) in [5, 5.41) is 0. The van der Waals surface area contributed by atoms with E-state index >= 15 is 0 Å². The number of aromatic nitrogens is 2. The minimum Gasteiger partial charge on any atom is -0.424 e. The largest absolute Gasteiger partial charge is 0.424 e. The smallest absolute Gasteiger partial charge is 0.325 e. The van der Waals surface area contributed by atoms with E-state index in [1.165, 1.54) is 5.56 Å². The molecule has 0 spiro atoms. The monoisotopic (exact) mass is 293 g/mol. The van der Waals surface area contributed by atoms with Crippen LogP contribution in [0.5, 0.6) is 11.8 Å². The molecule has 5 heteroatoms. The minimum absolute atomic E-state index is 0.236. The van der Waals surface area contributed by atoms with E-state index < -0.39 is 0 Å². The van der Waals surface area contributed by atoms with Gasteiger partial charge in [0.15, 0.2) is 0 Å². The number of aryl methyl sites for hydroxylation is 2. The maximum atomic E-state index is 5.61. The first-order valence-corrected chi connectivity index (χ1v) is 5.89. The Labute approximate surface area is 108 Å². The average Bonchev–Trinajstić information content (AvgIpc) is 2.22. The van der Waals surface area contributed by atoms with Crippen molar-refractivity contribution < 1.29 is 4.74 Å². The lowest BCUT2D eigenvalue weighted by Crippen LogP contribution is -1.97. The normalized spacial score (nSPS) is 10.3. The number of benzene rings is 1. The van der Waals surface area contributed by atoms with Crippen molar-refractivity contribution in [2.75, 3.05) is 5.73 Å². The highest BCUT2D eigenvalue weighted by Gasteiger charge is 2.04. The molecule has 0 aliphatic heterocycles. The van der Waals surface area contributed by atoms with Crippen molar-refractivity contribution in [3.05, 3.63) is 40.0 Å². The van der Waals surface area contributed by atoms with Crippen LogP contribution in [0.3, 0.4) is 0 Å². The zero-order valence-electron chi connectivity index (χ0n) is 9.57. The second-order valence-electron chi connectivity index (χ2n) is 3.75. The molecular weight excluding hydrogens is 282 g/mol. The van der Waals surface area contributed by atoms with Gasteiger partial charge in [-0.2, -0.15) is 9.97 Å². The van der Waals surface area contributed by atoms with Crippen LogP contribution in [0.15, 0.2) is 28.9 Å². The van der Waals surface area contributed by atoms with Crippen LogP contribution in [0, 0.1) is 13.8 Å². The molecule has 1 aromatic heterocycles. The molecule has 2 aromatic rings. The Bertz CT molecular complexity index is 537. The maximum absolute atomic E-state index is 5.61. The molecule has 1 heterocycles. The zero-order chi connectivity index (χ0) is 12.4. The van der Waals surface area contributed by atoms with Crippen LogP contribution in [0.1, 0.15) is 11.1 Å². The van der Waals surface area contributed by atoms with Crippen LogP contribution in [-0.2, 0) is 0 Å². The fraction of sp³-hybridized carbons (Fsp3) is 0.167. The quantitative estimate of drug-likeness (QED) is 0.864. The van der Waals surface area contributed by atoms with Crippen LogP contribution in [0.2, 0.25) is 0 Å². The molecule has 0 unspecified atom stereocenters. The third kappa shape index (κ3) is 2.94. The van der Waals surface area contributed by atoms with Crippen molar-refractivity contribution in [2.45, 2.75) is 13.8 Å². The van der Waals surface area contributed by atoms with Crippen LogP contribution >= 0.6 is 15.9 Å². The van der Waals surface area contributed by atoms with E-state index in [0.29, 0.717) is 16.2 Å². The Balaban J connectivity index is 2.28. The zero-order valence-corrected chi connectivity index (χ0v) is 11.2. The molecule has 4 nitrogen and oxygen atoms in total. The summed E-state index contributed by atoms with van der Waals surface area (Å²) in [6, 6.07) is 7.66. The fourth-order valence-electron chi connectivity index (χ4n) is 1.34. The van der Waals surface area contributed by atoms with Gasteiger partial charge in [-0.15, -0.1) is 0 Å². The molecule has 0 aliphatic rings. The van der Waals surface area contributed by atoms with E-state index in [1.54, 1.807) is 6.07 Å². The molecule has 2 rings (SSSR count). The van der Waals surface area contributed by atoms with Crippen LogP contribution in [0.25, 0.3) is 0 Å². The van der Waals surface area contributed by atoms with Crippen molar-refractivity contribution in [3.8, 4) is 11.8 Å². The summed E-state index contributed by atoms with van der Waals surface area (Å²) in [6.45, 7) is 4.07. The molecule has 0 amide bonds. The van der Waals surface area contributed by atoms with Crippen molar-refractivity contribution >= 4 is 21.7 Å². The molecule has 0 saturated heterocycles. The average molecular weight is 294 g/mol. The Kier molecular flexibility index (Phi) is 3.28. The van der Waals surface area contributed by atoms with Gasteiger partial charge in [0.25, 0.3) is 0 Å². The maximum Gasteiger partial charge on any atom is 0.325 e. The van der Waals surface area contributed by atoms with Gasteiger partial charge in [0, 0.05) is 6.07 Å². The number of hydrogen-bond donors (Lipinski definition) is 1. The number of ether oxygens (including phenoxy) is 1. The lowest BCUT2D eigenvalue weighted by Gasteiger charge is -2.06. The van der Waals surface area contributed by atoms with Gasteiger partial charge in [-0.1, -0.05) is 6.07 Å². The summed E-state index contributed by atoms with van der Waals surface area (Å²) >= 11 is 3.24. The summed E-state index contributed by atoms with van der Waals surface area (Å²) < 4.78 is 6.14. The third-order valence-electron chi connectivity index (χ3n) is 2.38. The van der Waals surface area contributed by atoms with Crippen molar-refractivity contribution in [2.24, 2.45) is 0 Å². The van der Waals surface area contributed by atoms with E-state index in [9.17, 15) is 0 Å². The van der Waals surface area contributed by atoms with E-state index in [4.69, 9.17) is 10.5 Å². The van der Waals surface area contributed by atoms with Crippen LogP contribution in [0.4, 0.5) is 5.82 Å².